The molecule has 1 N–H and O–H groups in total. The van der Waals surface area contributed by atoms with Crippen molar-refractivity contribution in [2.45, 2.75) is 46.7 Å². The summed E-state index contributed by atoms with van der Waals surface area (Å²) in [6.07, 6.45) is -2.04. The molecule has 186 valence electrons. The van der Waals surface area contributed by atoms with Gasteiger partial charge in [0.05, 0.1) is 0 Å². The fourth-order valence-electron chi connectivity index (χ4n) is 4.41. The van der Waals surface area contributed by atoms with E-state index in [0.29, 0.717) is 6.61 Å². The van der Waals surface area contributed by atoms with Gasteiger partial charge in [0.15, 0.2) is 0 Å². The van der Waals surface area contributed by atoms with Crippen LogP contribution in [-0.4, -0.2) is 57.0 Å². The van der Waals surface area contributed by atoms with Crippen molar-refractivity contribution in [3.63, 3.8) is 0 Å². The number of aliphatic hydroxyl groups excluding tert-OH is 1. The zero-order valence-corrected chi connectivity index (χ0v) is 22.6. The SMILES string of the molecule is CO[C@@H]1[C@@H](OCc2ccc3ccccc3c2)[C@@H](O)[C@@H](C[Se]c2ccccc2)O[C@H]1Sc1ccccc1. The number of fused-ring (bicyclic) bond motifs is 1. The molecule has 0 spiro atoms. The number of hydrogen-bond acceptors (Lipinski definition) is 5. The van der Waals surface area contributed by atoms with Crippen LogP contribution in [0.25, 0.3) is 10.8 Å². The molecule has 0 aromatic heterocycles. The first-order valence-corrected chi connectivity index (χ1v) is 15.0. The Hall–Kier alpha value is -2.15. The quantitative estimate of drug-likeness (QED) is 0.288. The summed E-state index contributed by atoms with van der Waals surface area (Å²) < 4.78 is 20.1. The van der Waals surface area contributed by atoms with Gasteiger partial charge in [0.1, 0.15) is 0 Å². The Morgan fingerprint density at radius 2 is 1.53 bits per heavy atom. The standard InChI is InChI=1S/C30H30O4SSe/c1-32-29-28(33-19-21-16-17-22-10-8-9-11-23(22)18-21)27(31)26(20-36-25-14-6-3-7-15-25)34-30(29)35-24-12-4-2-5-13-24/h2-18,26-31H,19-20H2,1H3/t26-,27+,28+,29-,30+/m1/s1. The van der Waals surface area contributed by atoms with E-state index >= 15 is 0 Å². The molecular formula is C30H30O4SSe. The molecule has 1 heterocycles. The average molecular weight is 566 g/mol. The molecule has 0 radical (unpaired) electrons. The number of rotatable bonds is 9. The average Bonchev–Trinajstić information content (AvgIpc) is 2.93. The third-order valence-electron chi connectivity index (χ3n) is 6.30. The normalized spacial score (nSPS) is 24.1. The molecule has 0 saturated carbocycles. The number of methoxy groups -OCH3 is 1. The Morgan fingerprint density at radius 1 is 0.833 bits per heavy atom. The van der Waals surface area contributed by atoms with Gasteiger partial charge in [-0.1, -0.05) is 0 Å². The van der Waals surface area contributed by atoms with Gasteiger partial charge in [0, 0.05) is 0 Å². The molecule has 36 heavy (non-hydrogen) atoms. The molecule has 5 atom stereocenters. The summed E-state index contributed by atoms with van der Waals surface area (Å²) in [7, 11) is 1.67. The van der Waals surface area contributed by atoms with Crippen molar-refractivity contribution >= 4 is 42.0 Å². The summed E-state index contributed by atoms with van der Waals surface area (Å²) in [6.45, 7) is 0.395. The van der Waals surface area contributed by atoms with E-state index in [0.717, 1.165) is 15.8 Å². The first kappa shape index (κ1) is 25.5. The molecule has 0 unspecified atom stereocenters. The van der Waals surface area contributed by atoms with E-state index in [2.05, 4.69) is 66.7 Å². The van der Waals surface area contributed by atoms with Crippen molar-refractivity contribution in [1.29, 1.82) is 0 Å². The van der Waals surface area contributed by atoms with Gasteiger partial charge in [-0.05, 0) is 0 Å². The Labute approximate surface area is 223 Å². The number of aliphatic hydroxyl groups is 1. The van der Waals surface area contributed by atoms with Gasteiger partial charge in [-0.2, -0.15) is 0 Å². The van der Waals surface area contributed by atoms with Crippen molar-refractivity contribution in [2.24, 2.45) is 0 Å². The van der Waals surface area contributed by atoms with Crippen molar-refractivity contribution < 1.29 is 19.3 Å². The van der Waals surface area contributed by atoms with E-state index in [9.17, 15) is 5.11 Å². The third kappa shape index (κ3) is 6.21. The maximum atomic E-state index is 11.4. The topological polar surface area (TPSA) is 47.9 Å². The minimum absolute atomic E-state index is 0.178. The van der Waals surface area contributed by atoms with Crippen molar-refractivity contribution in [1.82, 2.24) is 0 Å². The Morgan fingerprint density at radius 3 is 2.28 bits per heavy atom. The number of thioether (sulfide) groups is 1. The van der Waals surface area contributed by atoms with Crippen molar-refractivity contribution in [3.8, 4) is 0 Å². The summed E-state index contributed by atoms with van der Waals surface area (Å²) in [5, 5.41) is 14.5. The molecule has 1 aliphatic rings. The van der Waals surface area contributed by atoms with Gasteiger partial charge in [-0.3, -0.25) is 0 Å². The molecular weight excluding hydrogens is 535 g/mol. The van der Waals surface area contributed by atoms with E-state index in [1.165, 1.54) is 15.2 Å². The second kappa shape index (κ2) is 12.4. The fraction of sp³-hybridized carbons (Fsp3) is 0.267. The predicted octanol–water partition coefficient (Wildman–Crippen LogP) is 5.07. The molecule has 4 aromatic rings. The molecule has 0 aliphatic carbocycles. The molecule has 6 heteroatoms. The van der Waals surface area contributed by atoms with Crippen LogP contribution in [0.4, 0.5) is 0 Å². The number of hydrogen-bond donors (Lipinski definition) is 1. The summed E-state index contributed by atoms with van der Waals surface area (Å²) in [6, 6.07) is 35.2. The van der Waals surface area contributed by atoms with Crippen LogP contribution >= 0.6 is 11.8 Å². The van der Waals surface area contributed by atoms with Crippen LogP contribution in [0.15, 0.2) is 108 Å². The van der Waals surface area contributed by atoms with Crippen LogP contribution in [0.2, 0.25) is 5.32 Å². The van der Waals surface area contributed by atoms with Gasteiger partial charge < -0.3 is 0 Å². The van der Waals surface area contributed by atoms with Crippen molar-refractivity contribution in [3.05, 3.63) is 109 Å². The monoisotopic (exact) mass is 566 g/mol. The molecule has 0 amide bonds. The van der Waals surface area contributed by atoms with E-state index in [1.54, 1.807) is 18.9 Å². The van der Waals surface area contributed by atoms with Crippen LogP contribution in [0.3, 0.4) is 0 Å². The number of benzene rings is 4. The molecule has 5 rings (SSSR count). The Kier molecular flexibility index (Phi) is 8.78. The summed E-state index contributed by atoms with van der Waals surface area (Å²) in [5.74, 6) is 0. The van der Waals surface area contributed by atoms with E-state index in [-0.39, 0.29) is 26.5 Å². The van der Waals surface area contributed by atoms with Gasteiger partial charge in [-0.15, -0.1) is 0 Å². The van der Waals surface area contributed by atoms with E-state index in [1.807, 2.05) is 36.4 Å². The molecule has 1 fully saturated rings. The second-order valence-electron chi connectivity index (χ2n) is 8.75. The van der Waals surface area contributed by atoms with Gasteiger partial charge in [0.25, 0.3) is 0 Å². The molecule has 4 nitrogen and oxygen atoms in total. The first-order valence-electron chi connectivity index (χ1n) is 12.1. The molecule has 1 aliphatic heterocycles. The molecule has 0 bridgehead atoms. The zero-order valence-electron chi connectivity index (χ0n) is 20.1. The van der Waals surface area contributed by atoms with Gasteiger partial charge >= 0.3 is 224 Å². The van der Waals surface area contributed by atoms with E-state index < -0.39 is 18.3 Å². The summed E-state index contributed by atoms with van der Waals surface area (Å²) >= 11 is 1.80. The van der Waals surface area contributed by atoms with Crippen LogP contribution in [0, 0.1) is 0 Å². The summed E-state index contributed by atoms with van der Waals surface area (Å²) in [5.41, 5.74) is 0.776. The maximum absolute atomic E-state index is 11.4. The zero-order chi connectivity index (χ0) is 24.7. The first-order chi connectivity index (χ1) is 17.7. The van der Waals surface area contributed by atoms with Crippen LogP contribution in [0.5, 0.6) is 0 Å². The van der Waals surface area contributed by atoms with Crippen LogP contribution in [-0.2, 0) is 20.8 Å². The third-order valence-corrected chi connectivity index (χ3v) is 9.77. The molecule has 4 aromatic carbocycles. The number of ether oxygens (including phenoxy) is 3. The van der Waals surface area contributed by atoms with Gasteiger partial charge in [0.2, 0.25) is 0 Å². The van der Waals surface area contributed by atoms with Crippen molar-refractivity contribution in [2.75, 3.05) is 7.11 Å². The Bertz CT molecular complexity index is 1240. The predicted molar refractivity (Wildman–Crippen MR) is 147 cm³/mol. The Balaban J connectivity index is 1.35. The van der Waals surface area contributed by atoms with Crippen LogP contribution < -0.4 is 4.46 Å². The fourth-order valence-corrected chi connectivity index (χ4v) is 7.65. The van der Waals surface area contributed by atoms with Crippen LogP contribution in [0.1, 0.15) is 5.56 Å². The summed E-state index contributed by atoms with van der Waals surface area (Å²) in [4.78, 5) is 1.10. The van der Waals surface area contributed by atoms with E-state index in [4.69, 9.17) is 14.2 Å². The second-order valence-corrected chi connectivity index (χ2v) is 12.2. The van der Waals surface area contributed by atoms with Gasteiger partial charge in [-0.25, -0.2) is 0 Å². The molecule has 1 saturated heterocycles. The minimum atomic E-state index is -0.784.